The summed E-state index contributed by atoms with van der Waals surface area (Å²) in [4.78, 5) is 1.13. The van der Waals surface area contributed by atoms with Gasteiger partial charge in [-0.15, -0.1) is 11.3 Å². The van der Waals surface area contributed by atoms with Crippen molar-refractivity contribution < 1.29 is 13.2 Å². The van der Waals surface area contributed by atoms with Gasteiger partial charge in [-0.3, -0.25) is 0 Å². The summed E-state index contributed by atoms with van der Waals surface area (Å²) < 4.78 is 33.3. The highest BCUT2D eigenvalue weighted by Crippen LogP contribution is 2.28. The molecule has 1 saturated heterocycles. The minimum absolute atomic E-state index is 0.0671. The molecule has 3 rings (SSSR count). The Morgan fingerprint density at radius 3 is 2.71 bits per heavy atom. The Hall–Kier alpha value is -0.630. The number of halogens is 2. The molecule has 1 aromatic carbocycles. The zero-order chi connectivity index (χ0) is 17.2. The maximum atomic E-state index is 13.1. The smallest absolute Gasteiger partial charge is 0.243 e. The lowest BCUT2D eigenvalue weighted by Gasteiger charge is -2.24. The summed E-state index contributed by atoms with van der Waals surface area (Å²) in [5, 5.41) is 2.50. The molecular formula is C16H17Cl2NO3S2. The lowest BCUT2D eigenvalue weighted by atomic mass is 10.2. The van der Waals surface area contributed by atoms with Gasteiger partial charge < -0.3 is 4.74 Å². The van der Waals surface area contributed by atoms with Gasteiger partial charge in [-0.05, 0) is 42.5 Å². The Bertz CT molecular complexity index is 788. The Labute approximate surface area is 156 Å². The largest absolute Gasteiger partial charge is 0.377 e. The van der Waals surface area contributed by atoms with E-state index in [2.05, 4.69) is 0 Å². The highest BCUT2D eigenvalue weighted by Gasteiger charge is 2.29. The first-order chi connectivity index (χ1) is 11.5. The average molecular weight is 406 g/mol. The van der Waals surface area contributed by atoms with Crippen LogP contribution >= 0.6 is 34.5 Å². The molecule has 1 unspecified atom stereocenters. The van der Waals surface area contributed by atoms with Crippen LogP contribution in [0.15, 0.2) is 40.6 Å². The van der Waals surface area contributed by atoms with Gasteiger partial charge in [0.25, 0.3) is 0 Å². The summed E-state index contributed by atoms with van der Waals surface area (Å²) in [5.41, 5.74) is 0. The second-order valence-electron chi connectivity index (χ2n) is 5.59. The predicted molar refractivity (Wildman–Crippen MR) is 97.4 cm³/mol. The SMILES string of the molecule is O=S(=O)(c1ccc(Cl)c(Cl)c1)N(Cc1cccs1)CC1CCCO1. The van der Waals surface area contributed by atoms with Gasteiger partial charge in [0.1, 0.15) is 0 Å². The zero-order valence-electron chi connectivity index (χ0n) is 12.8. The Balaban J connectivity index is 1.90. The Morgan fingerprint density at radius 1 is 1.25 bits per heavy atom. The van der Waals surface area contributed by atoms with Crippen LogP contribution in [0.2, 0.25) is 10.0 Å². The van der Waals surface area contributed by atoms with E-state index in [-0.39, 0.29) is 16.0 Å². The molecule has 0 N–H and O–H groups in total. The average Bonchev–Trinajstić information content (AvgIpc) is 3.23. The lowest BCUT2D eigenvalue weighted by molar-refractivity contribution is 0.0927. The molecule has 130 valence electrons. The van der Waals surface area contributed by atoms with Crippen LogP contribution in [-0.2, 0) is 21.3 Å². The van der Waals surface area contributed by atoms with Crippen molar-refractivity contribution in [3.63, 3.8) is 0 Å². The fourth-order valence-corrected chi connectivity index (χ4v) is 5.27. The highest BCUT2D eigenvalue weighted by molar-refractivity contribution is 7.89. The third kappa shape index (κ3) is 4.12. The van der Waals surface area contributed by atoms with Gasteiger partial charge in [-0.25, -0.2) is 8.42 Å². The molecular weight excluding hydrogens is 389 g/mol. The molecule has 1 aliphatic heterocycles. The number of benzene rings is 1. The van der Waals surface area contributed by atoms with Gasteiger partial charge in [0.15, 0.2) is 0 Å². The van der Waals surface area contributed by atoms with Crippen molar-refractivity contribution in [1.29, 1.82) is 0 Å². The maximum Gasteiger partial charge on any atom is 0.243 e. The molecule has 4 nitrogen and oxygen atoms in total. The molecule has 0 bridgehead atoms. The first-order valence-corrected chi connectivity index (χ1v) is 10.6. The van der Waals surface area contributed by atoms with E-state index < -0.39 is 10.0 Å². The van der Waals surface area contributed by atoms with Crippen molar-refractivity contribution in [2.45, 2.75) is 30.4 Å². The number of ether oxygens (including phenoxy) is 1. The van der Waals surface area contributed by atoms with Gasteiger partial charge in [0.05, 0.1) is 21.0 Å². The van der Waals surface area contributed by atoms with E-state index in [9.17, 15) is 8.42 Å². The predicted octanol–water partition coefficient (Wildman–Crippen LogP) is 4.42. The van der Waals surface area contributed by atoms with Crippen LogP contribution < -0.4 is 0 Å². The fraction of sp³-hybridized carbons (Fsp3) is 0.375. The molecule has 1 fully saturated rings. The Kier molecular flexibility index (Phi) is 5.85. The van der Waals surface area contributed by atoms with Gasteiger partial charge in [0.2, 0.25) is 10.0 Å². The standard InChI is InChI=1S/C16H17Cl2NO3S2/c17-15-6-5-14(9-16(15)18)24(20,21)19(10-12-3-1-7-22-12)11-13-4-2-8-23-13/h2,4-6,8-9,12H,1,3,7,10-11H2. The number of thiophene rings is 1. The van der Waals surface area contributed by atoms with Crippen molar-refractivity contribution in [1.82, 2.24) is 4.31 Å². The summed E-state index contributed by atoms with van der Waals surface area (Å²) in [6, 6.07) is 8.23. The van der Waals surface area contributed by atoms with E-state index in [1.807, 2.05) is 17.5 Å². The molecule has 0 radical (unpaired) electrons. The van der Waals surface area contributed by atoms with Gasteiger partial charge in [-0.1, -0.05) is 29.3 Å². The third-order valence-corrected chi connectivity index (χ3v) is 7.28. The minimum Gasteiger partial charge on any atom is -0.377 e. The number of hydrogen-bond acceptors (Lipinski definition) is 4. The summed E-state index contributed by atoms with van der Waals surface area (Å²) in [6.45, 7) is 1.34. The summed E-state index contributed by atoms with van der Waals surface area (Å²) in [6.07, 6.45) is 1.77. The number of hydrogen-bond donors (Lipinski definition) is 0. The van der Waals surface area contributed by atoms with Crippen LogP contribution in [0.3, 0.4) is 0 Å². The van der Waals surface area contributed by atoms with E-state index in [1.54, 1.807) is 0 Å². The summed E-state index contributed by atoms with van der Waals surface area (Å²) in [7, 11) is -3.69. The molecule has 8 heteroatoms. The molecule has 1 aliphatic rings. The monoisotopic (exact) mass is 405 g/mol. The van der Waals surface area contributed by atoms with Gasteiger partial charge in [0, 0.05) is 24.6 Å². The van der Waals surface area contributed by atoms with Crippen LogP contribution in [0.4, 0.5) is 0 Å². The van der Waals surface area contributed by atoms with Crippen LogP contribution in [0.1, 0.15) is 17.7 Å². The second kappa shape index (κ2) is 7.72. The van der Waals surface area contributed by atoms with E-state index in [0.717, 1.165) is 17.7 Å². The fourth-order valence-electron chi connectivity index (χ4n) is 2.63. The van der Waals surface area contributed by atoms with Crippen LogP contribution in [0, 0.1) is 0 Å². The van der Waals surface area contributed by atoms with E-state index in [1.165, 1.54) is 33.8 Å². The van der Waals surface area contributed by atoms with Gasteiger partial charge in [-0.2, -0.15) is 4.31 Å². The van der Waals surface area contributed by atoms with Crippen molar-refractivity contribution in [2.24, 2.45) is 0 Å². The van der Waals surface area contributed by atoms with Gasteiger partial charge >= 0.3 is 0 Å². The normalized spacial score (nSPS) is 18.4. The summed E-state index contributed by atoms with van der Waals surface area (Å²) >= 11 is 13.4. The molecule has 1 aromatic heterocycles. The molecule has 2 heterocycles. The first-order valence-electron chi connectivity index (χ1n) is 7.56. The summed E-state index contributed by atoms with van der Waals surface area (Å²) in [5.74, 6) is 0. The van der Waals surface area contributed by atoms with Crippen LogP contribution in [-0.4, -0.2) is 32.0 Å². The first kappa shape index (κ1) is 18.2. The van der Waals surface area contributed by atoms with Crippen molar-refractivity contribution in [3.8, 4) is 0 Å². The molecule has 0 aliphatic carbocycles. The van der Waals surface area contributed by atoms with Crippen molar-refractivity contribution >= 4 is 44.6 Å². The van der Waals surface area contributed by atoms with E-state index >= 15 is 0 Å². The van der Waals surface area contributed by atoms with Crippen LogP contribution in [0.25, 0.3) is 0 Å². The van der Waals surface area contributed by atoms with Crippen molar-refractivity contribution in [2.75, 3.05) is 13.2 Å². The highest BCUT2D eigenvalue weighted by atomic mass is 35.5. The third-order valence-electron chi connectivity index (χ3n) is 3.87. The zero-order valence-corrected chi connectivity index (χ0v) is 16.0. The quantitative estimate of drug-likeness (QED) is 0.713. The molecule has 0 amide bonds. The lowest BCUT2D eigenvalue weighted by Crippen LogP contribution is -2.36. The minimum atomic E-state index is -3.69. The molecule has 1 atom stereocenters. The maximum absolute atomic E-state index is 13.1. The van der Waals surface area contributed by atoms with Crippen molar-refractivity contribution in [3.05, 3.63) is 50.6 Å². The van der Waals surface area contributed by atoms with E-state index in [0.29, 0.717) is 24.7 Å². The Morgan fingerprint density at radius 2 is 2.08 bits per heavy atom. The number of sulfonamides is 1. The number of rotatable bonds is 6. The number of nitrogens with zero attached hydrogens (tertiary/aromatic N) is 1. The second-order valence-corrected chi connectivity index (χ2v) is 9.37. The van der Waals surface area contributed by atoms with Crippen LogP contribution in [0.5, 0.6) is 0 Å². The van der Waals surface area contributed by atoms with E-state index in [4.69, 9.17) is 27.9 Å². The molecule has 0 spiro atoms. The topological polar surface area (TPSA) is 46.6 Å². The molecule has 2 aromatic rings. The molecule has 0 saturated carbocycles. The molecule has 24 heavy (non-hydrogen) atoms.